The highest BCUT2D eigenvalue weighted by molar-refractivity contribution is 8.01. The Morgan fingerprint density at radius 2 is 1.93 bits per heavy atom. The van der Waals surface area contributed by atoms with E-state index in [2.05, 4.69) is 6.58 Å². The third kappa shape index (κ3) is 3.39. The normalized spacial score (nSPS) is 11.1. The van der Waals surface area contributed by atoms with Crippen LogP contribution in [0, 0.1) is 0 Å². The zero-order valence-corrected chi connectivity index (χ0v) is 17.5. The van der Waals surface area contributed by atoms with Crippen LogP contribution in [0.25, 0.3) is 16.4 Å². The maximum atomic E-state index is 13.4. The summed E-state index contributed by atoms with van der Waals surface area (Å²) in [6, 6.07) is 14.8. The minimum absolute atomic E-state index is 0.0903. The van der Waals surface area contributed by atoms with Gasteiger partial charge < -0.3 is 9.14 Å². The molecule has 6 heteroatoms. The van der Waals surface area contributed by atoms with Crippen molar-refractivity contribution in [2.75, 3.05) is 12.4 Å². The Kier molecular flexibility index (Phi) is 5.56. The van der Waals surface area contributed by atoms with Gasteiger partial charge in [-0.15, -0.1) is 29.7 Å². The van der Waals surface area contributed by atoms with Crippen molar-refractivity contribution in [3.8, 4) is 0 Å². The van der Waals surface area contributed by atoms with Gasteiger partial charge in [0, 0.05) is 22.9 Å². The van der Waals surface area contributed by atoms with E-state index in [0.29, 0.717) is 27.1 Å². The van der Waals surface area contributed by atoms with Gasteiger partial charge in [0.1, 0.15) is 0 Å². The van der Waals surface area contributed by atoms with Crippen LogP contribution in [0.1, 0.15) is 32.5 Å². The average Bonchev–Trinajstić information content (AvgIpc) is 3.28. The van der Waals surface area contributed by atoms with Gasteiger partial charge in [0.25, 0.3) is 0 Å². The number of carbonyl (C=O) groups is 2. The number of rotatable bonds is 7. The minimum atomic E-state index is -0.411. The highest BCUT2D eigenvalue weighted by Gasteiger charge is 2.29. The van der Waals surface area contributed by atoms with Gasteiger partial charge in [0.05, 0.1) is 32.3 Å². The lowest BCUT2D eigenvalue weighted by atomic mass is 10.1. The maximum absolute atomic E-state index is 13.4. The van der Waals surface area contributed by atoms with Crippen molar-refractivity contribution in [2.24, 2.45) is 0 Å². The van der Waals surface area contributed by atoms with Crippen LogP contribution < -0.4 is 0 Å². The first-order valence-electron chi connectivity index (χ1n) is 9.23. The van der Waals surface area contributed by atoms with Gasteiger partial charge in [-0.2, -0.15) is 0 Å². The Hall–Kier alpha value is -2.83. The molecule has 0 radical (unpaired) electrons. The van der Waals surface area contributed by atoms with Crippen LogP contribution in [0.15, 0.2) is 71.6 Å². The number of hydrogen-bond donors (Lipinski definition) is 0. The molecule has 0 saturated carbocycles. The topological polar surface area (TPSA) is 47.8 Å². The molecular formula is C23H19NO3S2. The molecule has 0 fully saturated rings. The number of pyridine rings is 1. The van der Waals surface area contributed by atoms with E-state index < -0.39 is 5.97 Å². The number of carbonyl (C=O) groups excluding carboxylic acids is 2. The molecule has 0 aliphatic heterocycles. The number of ether oxygens (including phenoxy) is 1. The number of aromatic nitrogens is 1. The molecule has 0 bridgehead atoms. The average molecular weight is 422 g/mol. The summed E-state index contributed by atoms with van der Waals surface area (Å²) in [5.74, 6) is 0.211. The summed E-state index contributed by atoms with van der Waals surface area (Å²) in [6.45, 7) is 5.85. The summed E-state index contributed by atoms with van der Waals surface area (Å²) >= 11 is 3.04. The zero-order chi connectivity index (χ0) is 20.4. The second-order valence-electron chi connectivity index (χ2n) is 6.29. The molecule has 1 aromatic carbocycles. The van der Waals surface area contributed by atoms with Crippen LogP contribution in [-0.4, -0.2) is 28.5 Å². The van der Waals surface area contributed by atoms with Gasteiger partial charge in [0.15, 0.2) is 0 Å². The Morgan fingerprint density at radius 1 is 1.17 bits per heavy atom. The van der Waals surface area contributed by atoms with Crippen molar-refractivity contribution in [1.82, 2.24) is 4.40 Å². The number of nitrogens with zero attached hydrogens (tertiary/aromatic N) is 1. The molecule has 4 nitrogen and oxygen atoms in total. The van der Waals surface area contributed by atoms with E-state index in [4.69, 9.17) is 4.74 Å². The van der Waals surface area contributed by atoms with Crippen molar-refractivity contribution in [3.63, 3.8) is 0 Å². The number of thioether (sulfide) groups is 1. The molecule has 0 atom stereocenters. The van der Waals surface area contributed by atoms with Gasteiger partial charge in [-0.25, -0.2) is 4.79 Å². The second kappa shape index (κ2) is 8.27. The molecule has 146 valence electrons. The molecule has 0 saturated heterocycles. The van der Waals surface area contributed by atoms with Gasteiger partial charge in [0.2, 0.25) is 5.78 Å². The van der Waals surface area contributed by atoms with Crippen molar-refractivity contribution in [2.45, 2.75) is 11.1 Å². The lowest BCUT2D eigenvalue weighted by molar-refractivity contribution is 0.0531. The van der Waals surface area contributed by atoms with Crippen LogP contribution in [0.4, 0.5) is 0 Å². The minimum Gasteiger partial charge on any atom is -0.462 e. The van der Waals surface area contributed by atoms with Gasteiger partial charge in [-0.3, -0.25) is 4.79 Å². The molecule has 3 heterocycles. The Morgan fingerprint density at radius 3 is 2.66 bits per heavy atom. The van der Waals surface area contributed by atoms with Crippen molar-refractivity contribution in [1.29, 1.82) is 0 Å². The Labute approximate surface area is 176 Å². The van der Waals surface area contributed by atoms with Crippen molar-refractivity contribution in [3.05, 3.63) is 83.4 Å². The van der Waals surface area contributed by atoms with Crippen LogP contribution in [-0.2, 0) is 4.74 Å². The molecule has 0 aliphatic carbocycles. The summed E-state index contributed by atoms with van der Waals surface area (Å²) in [4.78, 5) is 26.8. The number of esters is 1. The Balaban J connectivity index is 2.06. The molecule has 3 aromatic heterocycles. The summed E-state index contributed by atoms with van der Waals surface area (Å²) in [5.41, 5.74) is 2.66. The number of hydrogen-bond acceptors (Lipinski definition) is 5. The molecule has 4 rings (SSSR count). The van der Waals surface area contributed by atoms with Crippen LogP contribution >= 0.6 is 23.1 Å². The lowest BCUT2D eigenvalue weighted by Gasteiger charge is -2.03. The predicted octanol–water partition coefficient (Wildman–Crippen LogP) is 5.84. The standard InChI is InChI=1S/C23H19NO3S2/c1-3-14-28-23-19-18(21(29-23)20(25)15-10-6-5-7-11-15)17(22(26)27-4-2)16-12-8-9-13-24(16)19/h3,5-13H,1,4,14H2,2H3. The summed E-state index contributed by atoms with van der Waals surface area (Å²) < 4.78 is 8.31. The fourth-order valence-electron chi connectivity index (χ4n) is 3.35. The smallest absolute Gasteiger partial charge is 0.341 e. The highest BCUT2D eigenvalue weighted by Crippen LogP contribution is 2.43. The van der Waals surface area contributed by atoms with Gasteiger partial charge in [-0.05, 0) is 19.1 Å². The van der Waals surface area contributed by atoms with E-state index >= 15 is 0 Å². The molecule has 0 spiro atoms. The number of fused-ring (bicyclic) bond motifs is 3. The van der Waals surface area contributed by atoms with Crippen molar-refractivity contribution < 1.29 is 14.3 Å². The van der Waals surface area contributed by atoms with E-state index in [1.807, 2.05) is 53.1 Å². The summed E-state index contributed by atoms with van der Waals surface area (Å²) in [7, 11) is 0. The third-order valence-electron chi connectivity index (χ3n) is 4.51. The van der Waals surface area contributed by atoms with E-state index in [-0.39, 0.29) is 12.4 Å². The Bertz CT molecular complexity index is 1220. The number of benzene rings is 1. The summed E-state index contributed by atoms with van der Waals surface area (Å²) in [6.07, 6.45) is 3.75. The molecule has 0 N–H and O–H groups in total. The van der Waals surface area contributed by atoms with Crippen LogP contribution in [0.5, 0.6) is 0 Å². The lowest BCUT2D eigenvalue weighted by Crippen LogP contribution is -2.06. The molecule has 4 aromatic rings. The molecule has 29 heavy (non-hydrogen) atoms. The third-order valence-corrected chi connectivity index (χ3v) is 6.95. The largest absolute Gasteiger partial charge is 0.462 e. The number of ketones is 1. The fourth-order valence-corrected chi connectivity index (χ4v) is 5.64. The first-order valence-corrected chi connectivity index (χ1v) is 11.0. The molecular weight excluding hydrogens is 402 g/mol. The summed E-state index contributed by atoms with van der Waals surface area (Å²) in [5, 5.41) is 0.667. The molecule has 0 amide bonds. The molecule has 0 aliphatic rings. The number of thiophene rings is 1. The highest BCUT2D eigenvalue weighted by atomic mass is 32.2. The van der Waals surface area contributed by atoms with Gasteiger partial charge >= 0.3 is 5.97 Å². The van der Waals surface area contributed by atoms with Crippen LogP contribution in [0.2, 0.25) is 0 Å². The first-order chi connectivity index (χ1) is 14.2. The zero-order valence-electron chi connectivity index (χ0n) is 15.9. The maximum Gasteiger partial charge on any atom is 0.341 e. The monoisotopic (exact) mass is 421 g/mol. The molecule has 0 unspecified atom stereocenters. The second-order valence-corrected chi connectivity index (χ2v) is 8.60. The quantitative estimate of drug-likeness (QED) is 0.163. The van der Waals surface area contributed by atoms with E-state index in [0.717, 1.165) is 15.2 Å². The predicted molar refractivity (Wildman–Crippen MR) is 120 cm³/mol. The van der Waals surface area contributed by atoms with Gasteiger partial charge in [-0.1, -0.05) is 42.5 Å². The fraction of sp³-hybridized carbons (Fsp3) is 0.130. The van der Waals surface area contributed by atoms with Crippen LogP contribution in [0.3, 0.4) is 0 Å². The van der Waals surface area contributed by atoms with E-state index in [1.165, 1.54) is 11.3 Å². The van der Waals surface area contributed by atoms with E-state index in [1.54, 1.807) is 30.8 Å². The van der Waals surface area contributed by atoms with E-state index in [9.17, 15) is 9.59 Å². The van der Waals surface area contributed by atoms with Crippen molar-refractivity contribution >= 4 is 51.3 Å². The first kappa shape index (κ1) is 19.5. The SMILES string of the molecule is C=CCSc1sc(C(=O)c2ccccc2)c2c(C(=O)OCC)c3ccccn3c12.